The molecule has 1 saturated carbocycles. The normalized spacial score (nSPS) is 27.3. The Hall–Kier alpha value is -1.88. The number of hydrogen-bond acceptors (Lipinski definition) is 3. The average Bonchev–Trinajstić information content (AvgIpc) is 3.00. The summed E-state index contributed by atoms with van der Waals surface area (Å²) in [6.07, 6.45) is 5.24. The van der Waals surface area contributed by atoms with Gasteiger partial charge in [-0.25, -0.2) is 0 Å². The summed E-state index contributed by atoms with van der Waals surface area (Å²) in [5, 5.41) is 0. The maximum atomic E-state index is 12.9. The van der Waals surface area contributed by atoms with Crippen LogP contribution in [0.25, 0.3) is 0 Å². The van der Waals surface area contributed by atoms with E-state index in [4.69, 9.17) is 5.73 Å². The first-order valence-corrected chi connectivity index (χ1v) is 8.95. The Morgan fingerprint density at radius 2 is 1.96 bits per heavy atom. The number of nitrogens with zero attached hydrogens (tertiary/aromatic N) is 2. The molecule has 0 bridgehead atoms. The highest BCUT2D eigenvalue weighted by atomic mass is 16.2. The van der Waals surface area contributed by atoms with Crippen molar-refractivity contribution in [2.24, 2.45) is 11.7 Å². The van der Waals surface area contributed by atoms with Crippen LogP contribution < -0.4 is 10.6 Å². The molecule has 1 aromatic carbocycles. The molecule has 1 aliphatic heterocycles. The summed E-state index contributed by atoms with van der Waals surface area (Å²) in [5.41, 5.74) is 6.99. The van der Waals surface area contributed by atoms with E-state index in [9.17, 15) is 9.59 Å². The molecule has 130 valence electrons. The van der Waals surface area contributed by atoms with Crippen LogP contribution in [0.15, 0.2) is 30.3 Å². The molecule has 5 nitrogen and oxygen atoms in total. The summed E-state index contributed by atoms with van der Waals surface area (Å²) in [6, 6.07) is 9.47. The number of nitrogens with two attached hydrogens (primary N) is 1. The van der Waals surface area contributed by atoms with Crippen LogP contribution in [0.1, 0.15) is 38.5 Å². The van der Waals surface area contributed by atoms with Crippen LogP contribution in [-0.4, -0.2) is 42.4 Å². The van der Waals surface area contributed by atoms with Crippen LogP contribution in [0.4, 0.5) is 5.69 Å². The second-order valence-corrected chi connectivity index (χ2v) is 7.05. The Kier molecular flexibility index (Phi) is 5.19. The van der Waals surface area contributed by atoms with Gasteiger partial charge in [0.25, 0.3) is 0 Å². The molecule has 0 spiro atoms. The number of para-hydroxylation sites is 1. The first-order valence-electron chi connectivity index (χ1n) is 8.95. The lowest BCUT2D eigenvalue weighted by Crippen LogP contribution is -2.53. The lowest BCUT2D eigenvalue weighted by molar-refractivity contribution is -0.139. The molecule has 5 heteroatoms. The second-order valence-electron chi connectivity index (χ2n) is 7.05. The van der Waals surface area contributed by atoms with Crippen molar-refractivity contribution in [1.29, 1.82) is 0 Å². The molecule has 2 N–H and O–H groups in total. The van der Waals surface area contributed by atoms with Crippen molar-refractivity contribution in [3.05, 3.63) is 30.3 Å². The highest BCUT2D eigenvalue weighted by molar-refractivity contribution is 5.99. The van der Waals surface area contributed by atoms with Crippen LogP contribution in [0.3, 0.4) is 0 Å². The molecule has 1 saturated heterocycles. The van der Waals surface area contributed by atoms with Gasteiger partial charge in [-0.15, -0.1) is 0 Å². The van der Waals surface area contributed by atoms with E-state index in [-0.39, 0.29) is 29.8 Å². The standard InChI is InChI=1S/C19H27N3O2/c1-21(18(23)13-14-7-5-10-16(14)20)17-11-6-12-22(19(17)24)15-8-3-2-4-9-15/h2-4,8-9,14,16-17H,5-7,10-13,20H2,1H3/t14-,16+,17?/m0/s1. The van der Waals surface area contributed by atoms with E-state index >= 15 is 0 Å². The number of carbonyl (C=O) groups is 2. The van der Waals surface area contributed by atoms with Gasteiger partial charge in [-0.2, -0.15) is 0 Å². The Labute approximate surface area is 143 Å². The lowest BCUT2D eigenvalue weighted by Gasteiger charge is -2.37. The van der Waals surface area contributed by atoms with Crippen molar-refractivity contribution < 1.29 is 9.59 Å². The van der Waals surface area contributed by atoms with E-state index in [0.717, 1.165) is 44.3 Å². The number of amides is 2. The number of anilines is 1. The summed E-state index contributed by atoms with van der Waals surface area (Å²) < 4.78 is 0. The second kappa shape index (κ2) is 7.34. The molecule has 1 heterocycles. The largest absolute Gasteiger partial charge is 0.334 e. The van der Waals surface area contributed by atoms with E-state index in [0.29, 0.717) is 6.42 Å². The molecule has 2 amide bonds. The minimum atomic E-state index is -0.357. The Morgan fingerprint density at radius 3 is 2.62 bits per heavy atom. The molecule has 24 heavy (non-hydrogen) atoms. The van der Waals surface area contributed by atoms with Crippen molar-refractivity contribution >= 4 is 17.5 Å². The number of rotatable bonds is 4. The predicted octanol–water partition coefficient (Wildman–Crippen LogP) is 2.16. The van der Waals surface area contributed by atoms with Gasteiger partial charge in [-0.1, -0.05) is 24.6 Å². The third-order valence-corrected chi connectivity index (χ3v) is 5.49. The van der Waals surface area contributed by atoms with Gasteiger partial charge in [0.2, 0.25) is 11.8 Å². The summed E-state index contributed by atoms with van der Waals surface area (Å²) in [6.45, 7) is 0.717. The maximum Gasteiger partial charge on any atom is 0.249 e. The van der Waals surface area contributed by atoms with Gasteiger partial charge in [0, 0.05) is 31.7 Å². The zero-order valence-electron chi connectivity index (χ0n) is 14.4. The van der Waals surface area contributed by atoms with Gasteiger partial charge >= 0.3 is 0 Å². The van der Waals surface area contributed by atoms with Crippen molar-refractivity contribution in [1.82, 2.24) is 4.90 Å². The molecule has 1 aliphatic carbocycles. The fourth-order valence-corrected chi connectivity index (χ4v) is 3.94. The summed E-state index contributed by atoms with van der Waals surface area (Å²) in [4.78, 5) is 29.0. The van der Waals surface area contributed by atoms with Gasteiger partial charge in [-0.05, 0) is 43.7 Å². The molecule has 0 radical (unpaired) electrons. The van der Waals surface area contributed by atoms with Gasteiger partial charge in [-0.3, -0.25) is 9.59 Å². The number of piperidine rings is 1. The van der Waals surface area contributed by atoms with Crippen molar-refractivity contribution in [2.45, 2.75) is 50.6 Å². The zero-order valence-corrected chi connectivity index (χ0v) is 14.4. The number of hydrogen-bond donors (Lipinski definition) is 1. The first-order chi connectivity index (χ1) is 11.6. The zero-order chi connectivity index (χ0) is 17.1. The van der Waals surface area contributed by atoms with Crippen LogP contribution in [0, 0.1) is 5.92 Å². The van der Waals surface area contributed by atoms with E-state index in [1.807, 2.05) is 30.3 Å². The first kappa shape index (κ1) is 17.0. The fraction of sp³-hybridized carbons (Fsp3) is 0.579. The van der Waals surface area contributed by atoms with E-state index < -0.39 is 0 Å². The highest BCUT2D eigenvalue weighted by Gasteiger charge is 2.36. The quantitative estimate of drug-likeness (QED) is 0.920. The molecule has 3 rings (SSSR count). The van der Waals surface area contributed by atoms with Crippen LogP contribution in [0.2, 0.25) is 0 Å². The molecule has 2 fully saturated rings. The Morgan fingerprint density at radius 1 is 1.21 bits per heavy atom. The summed E-state index contributed by atoms with van der Waals surface area (Å²) in [5.74, 6) is 0.341. The van der Waals surface area contributed by atoms with Crippen LogP contribution in [-0.2, 0) is 9.59 Å². The minimum absolute atomic E-state index is 0.0269. The summed E-state index contributed by atoms with van der Waals surface area (Å²) in [7, 11) is 1.76. The SMILES string of the molecule is CN(C(=O)C[C@@H]1CCC[C@H]1N)C1CCCN(c2ccccc2)C1=O. The average molecular weight is 329 g/mol. The smallest absolute Gasteiger partial charge is 0.249 e. The molecular formula is C19H27N3O2. The fourth-order valence-electron chi connectivity index (χ4n) is 3.94. The van der Waals surface area contributed by atoms with Crippen molar-refractivity contribution in [3.63, 3.8) is 0 Å². The monoisotopic (exact) mass is 329 g/mol. The topological polar surface area (TPSA) is 66.6 Å². The molecule has 0 aromatic heterocycles. The molecule has 2 aliphatic rings. The van der Waals surface area contributed by atoms with E-state index in [1.54, 1.807) is 16.8 Å². The van der Waals surface area contributed by atoms with Gasteiger partial charge in [0.1, 0.15) is 6.04 Å². The van der Waals surface area contributed by atoms with Gasteiger partial charge in [0.05, 0.1) is 0 Å². The highest BCUT2D eigenvalue weighted by Crippen LogP contribution is 2.29. The number of likely N-dealkylation sites (N-methyl/N-ethyl adjacent to an activating group) is 1. The van der Waals surface area contributed by atoms with Gasteiger partial charge < -0.3 is 15.5 Å². The van der Waals surface area contributed by atoms with Crippen molar-refractivity contribution in [3.8, 4) is 0 Å². The maximum absolute atomic E-state index is 12.9. The third-order valence-electron chi connectivity index (χ3n) is 5.49. The molecule has 3 atom stereocenters. The predicted molar refractivity (Wildman–Crippen MR) is 94.5 cm³/mol. The number of benzene rings is 1. The minimum Gasteiger partial charge on any atom is -0.334 e. The molecule has 1 aromatic rings. The van der Waals surface area contributed by atoms with Gasteiger partial charge in [0.15, 0.2) is 0 Å². The lowest BCUT2D eigenvalue weighted by atomic mass is 9.97. The Bertz CT molecular complexity index is 590. The third kappa shape index (κ3) is 3.46. The van der Waals surface area contributed by atoms with Crippen LogP contribution >= 0.6 is 0 Å². The Balaban J connectivity index is 1.66. The van der Waals surface area contributed by atoms with E-state index in [2.05, 4.69) is 0 Å². The number of carbonyl (C=O) groups excluding carboxylic acids is 2. The molecule has 1 unspecified atom stereocenters. The van der Waals surface area contributed by atoms with Crippen LogP contribution in [0.5, 0.6) is 0 Å². The summed E-state index contributed by atoms with van der Waals surface area (Å²) >= 11 is 0. The molecular weight excluding hydrogens is 302 g/mol. The van der Waals surface area contributed by atoms with Crippen molar-refractivity contribution in [2.75, 3.05) is 18.5 Å². The van der Waals surface area contributed by atoms with E-state index in [1.165, 1.54) is 0 Å².